The van der Waals surface area contributed by atoms with Gasteiger partial charge in [0, 0.05) is 38.1 Å². The summed E-state index contributed by atoms with van der Waals surface area (Å²) in [4.78, 5) is 5.52. The van der Waals surface area contributed by atoms with Crippen LogP contribution in [0.1, 0.15) is 26.3 Å². The van der Waals surface area contributed by atoms with Gasteiger partial charge < -0.3 is 10.3 Å². The average molecular weight is 209 g/mol. The number of rotatable bonds is 7. The van der Waals surface area contributed by atoms with Crippen LogP contribution in [0.25, 0.3) is 0 Å². The maximum atomic E-state index is 3.45. The highest BCUT2D eigenvalue weighted by Crippen LogP contribution is 1.97. The molecule has 0 bridgehead atoms. The fourth-order valence-corrected chi connectivity index (χ4v) is 1.71. The standard InChI is InChI=1S/C12H23N3/c1-4-15(11(2)3)8-7-14-10-12-5-6-13-9-12/h5-6,9,11,13-14H,4,7-8,10H2,1-3H3. The number of aromatic amines is 1. The Balaban J connectivity index is 2.10. The van der Waals surface area contributed by atoms with Crippen LogP contribution in [0.5, 0.6) is 0 Å². The number of H-pyrrole nitrogens is 1. The van der Waals surface area contributed by atoms with Crippen LogP contribution >= 0.6 is 0 Å². The number of likely N-dealkylation sites (N-methyl/N-ethyl adjacent to an activating group) is 1. The molecule has 0 atom stereocenters. The van der Waals surface area contributed by atoms with E-state index in [9.17, 15) is 0 Å². The van der Waals surface area contributed by atoms with Gasteiger partial charge in [-0.3, -0.25) is 4.90 Å². The van der Waals surface area contributed by atoms with Gasteiger partial charge >= 0.3 is 0 Å². The van der Waals surface area contributed by atoms with E-state index in [2.05, 4.69) is 42.0 Å². The Bertz CT molecular complexity index is 241. The normalized spacial score (nSPS) is 11.5. The summed E-state index contributed by atoms with van der Waals surface area (Å²) in [6.07, 6.45) is 4.00. The Morgan fingerprint density at radius 3 is 2.80 bits per heavy atom. The van der Waals surface area contributed by atoms with Gasteiger partial charge in [0.25, 0.3) is 0 Å². The molecule has 0 spiro atoms. The molecule has 86 valence electrons. The van der Waals surface area contributed by atoms with E-state index >= 15 is 0 Å². The van der Waals surface area contributed by atoms with Gasteiger partial charge in [0.2, 0.25) is 0 Å². The van der Waals surface area contributed by atoms with Crippen LogP contribution in [0.15, 0.2) is 18.5 Å². The third kappa shape index (κ3) is 4.49. The molecule has 0 saturated carbocycles. The van der Waals surface area contributed by atoms with Gasteiger partial charge in [-0.2, -0.15) is 0 Å². The largest absolute Gasteiger partial charge is 0.367 e. The minimum Gasteiger partial charge on any atom is -0.367 e. The second kappa shape index (κ2) is 6.64. The first-order valence-electron chi connectivity index (χ1n) is 5.80. The Kier molecular flexibility index (Phi) is 5.43. The first kappa shape index (κ1) is 12.3. The molecular formula is C12H23N3. The van der Waals surface area contributed by atoms with Crippen LogP contribution < -0.4 is 5.32 Å². The average Bonchev–Trinajstić information content (AvgIpc) is 2.70. The molecule has 0 fully saturated rings. The smallest absolute Gasteiger partial charge is 0.0220 e. The molecule has 0 aromatic carbocycles. The van der Waals surface area contributed by atoms with Crippen LogP contribution in [-0.2, 0) is 6.54 Å². The van der Waals surface area contributed by atoms with Gasteiger partial charge in [0.15, 0.2) is 0 Å². The van der Waals surface area contributed by atoms with Gasteiger partial charge in [-0.25, -0.2) is 0 Å². The Labute approximate surface area is 92.9 Å². The van der Waals surface area contributed by atoms with Crippen molar-refractivity contribution in [1.82, 2.24) is 15.2 Å². The summed E-state index contributed by atoms with van der Waals surface area (Å²) in [7, 11) is 0. The third-order valence-electron chi connectivity index (χ3n) is 2.70. The molecule has 0 aliphatic heterocycles. The molecule has 1 aromatic heterocycles. The lowest BCUT2D eigenvalue weighted by Crippen LogP contribution is -2.36. The molecule has 2 N–H and O–H groups in total. The molecule has 0 aliphatic rings. The molecule has 15 heavy (non-hydrogen) atoms. The van der Waals surface area contributed by atoms with E-state index in [0.717, 1.165) is 26.2 Å². The lowest BCUT2D eigenvalue weighted by Gasteiger charge is -2.24. The van der Waals surface area contributed by atoms with Gasteiger partial charge in [-0.15, -0.1) is 0 Å². The maximum absolute atomic E-state index is 3.45. The van der Waals surface area contributed by atoms with Gasteiger partial charge in [-0.1, -0.05) is 6.92 Å². The predicted octanol–water partition coefficient (Wildman–Crippen LogP) is 1.83. The topological polar surface area (TPSA) is 31.1 Å². The number of aromatic nitrogens is 1. The molecule has 1 rings (SSSR count). The van der Waals surface area contributed by atoms with Crippen LogP contribution in [0, 0.1) is 0 Å². The lowest BCUT2D eigenvalue weighted by molar-refractivity contribution is 0.233. The maximum Gasteiger partial charge on any atom is 0.0220 e. The van der Waals surface area contributed by atoms with Gasteiger partial charge in [0.1, 0.15) is 0 Å². The van der Waals surface area contributed by atoms with Crippen molar-refractivity contribution in [3.8, 4) is 0 Å². The van der Waals surface area contributed by atoms with E-state index in [1.807, 2.05) is 12.4 Å². The summed E-state index contributed by atoms with van der Waals surface area (Å²) < 4.78 is 0. The zero-order valence-electron chi connectivity index (χ0n) is 10.1. The van der Waals surface area contributed by atoms with Crippen LogP contribution in [-0.4, -0.2) is 35.6 Å². The first-order chi connectivity index (χ1) is 7.24. The van der Waals surface area contributed by atoms with Gasteiger partial charge in [0.05, 0.1) is 0 Å². The molecule has 0 aliphatic carbocycles. The summed E-state index contributed by atoms with van der Waals surface area (Å²) >= 11 is 0. The zero-order valence-corrected chi connectivity index (χ0v) is 10.1. The second-order valence-electron chi connectivity index (χ2n) is 4.12. The molecule has 0 amide bonds. The van der Waals surface area contributed by atoms with Crippen molar-refractivity contribution in [2.24, 2.45) is 0 Å². The summed E-state index contributed by atoms with van der Waals surface area (Å²) in [5, 5.41) is 3.45. The molecule has 0 radical (unpaired) electrons. The summed E-state index contributed by atoms with van der Waals surface area (Å²) in [6.45, 7) is 11.0. The Morgan fingerprint density at radius 1 is 1.47 bits per heavy atom. The fourth-order valence-electron chi connectivity index (χ4n) is 1.71. The number of hydrogen-bond acceptors (Lipinski definition) is 2. The number of nitrogens with zero attached hydrogens (tertiary/aromatic N) is 1. The Hall–Kier alpha value is -0.800. The third-order valence-corrected chi connectivity index (χ3v) is 2.70. The zero-order chi connectivity index (χ0) is 11.1. The SMILES string of the molecule is CCN(CCNCc1cc[nH]c1)C(C)C. The van der Waals surface area contributed by atoms with Crippen molar-refractivity contribution < 1.29 is 0 Å². The molecular weight excluding hydrogens is 186 g/mol. The molecule has 3 heteroatoms. The summed E-state index contributed by atoms with van der Waals surface area (Å²) in [6, 6.07) is 2.75. The highest BCUT2D eigenvalue weighted by molar-refractivity contribution is 5.07. The van der Waals surface area contributed by atoms with E-state index in [4.69, 9.17) is 0 Å². The quantitative estimate of drug-likeness (QED) is 0.671. The van der Waals surface area contributed by atoms with Crippen LogP contribution in [0.3, 0.4) is 0 Å². The second-order valence-corrected chi connectivity index (χ2v) is 4.12. The molecule has 1 aromatic rings. The molecule has 3 nitrogen and oxygen atoms in total. The van der Waals surface area contributed by atoms with E-state index in [0.29, 0.717) is 6.04 Å². The lowest BCUT2D eigenvalue weighted by atomic mass is 10.3. The number of hydrogen-bond donors (Lipinski definition) is 2. The van der Waals surface area contributed by atoms with Crippen molar-refractivity contribution in [1.29, 1.82) is 0 Å². The van der Waals surface area contributed by atoms with Crippen molar-refractivity contribution in [2.75, 3.05) is 19.6 Å². The minimum atomic E-state index is 0.643. The van der Waals surface area contributed by atoms with Crippen molar-refractivity contribution >= 4 is 0 Å². The molecule has 0 unspecified atom stereocenters. The van der Waals surface area contributed by atoms with E-state index in [-0.39, 0.29) is 0 Å². The van der Waals surface area contributed by atoms with E-state index in [1.165, 1.54) is 5.56 Å². The summed E-state index contributed by atoms with van der Waals surface area (Å²) in [5.41, 5.74) is 1.32. The highest BCUT2D eigenvalue weighted by Gasteiger charge is 2.05. The van der Waals surface area contributed by atoms with Crippen molar-refractivity contribution in [3.05, 3.63) is 24.0 Å². The predicted molar refractivity (Wildman–Crippen MR) is 64.9 cm³/mol. The molecule has 0 saturated heterocycles. The van der Waals surface area contributed by atoms with E-state index < -0.39 is 0 Å². The van der Waals surface area contributed by atoms with Gasteiger partial charge in [-0.05, 0) is 32.0 Å². The Morgan fingerprint density at radius 2 is 2.27 bits per heavy atom. The molecule has 1 heterocycles. The highest BCUT2D eigenvalue weighted by atomic mass is 15.2. The van der Waals surface area contributed by atoms with E-state index in [1.54, 1.807) is 0 Å². The minimum absolute atomic E-state index is 0.643. The van der Waals surface area contributed by atoms with Crippen LogP contribution in [0.4, 0.5) is 0 Å². The summed E-state index contributed by atoms with van der Waals surface area (Å²) in [5.74, 6) is 0. The van der Waals surface area contributed by atoms with Crippen molar-refractivity contribution in [3.63, 3.8) is 0 Å². The monoisotopic (exact) mass is 209 g/mol. The fraction of sp³-hybridized carbons (Fsp3) is 0.667. The first-order valence-corrected chi connectivity index (χ1v) is 5.80. The van der Waals surface area contributed by atoms with Crippen molar-refractivity contribution in [2.45, 2.75) is 33.4 Å². The number of nitrogens with one attached hydrogen (secondary N) is 2. The van der Waals surface area contributed by atoms with Crippen LogP contribution in [0.2, 0.25) is 0 Å².